The quantitative estimate of drug-likeness (QED) is 0.148. The summed E-state index contributed by atoms with van der Waals surface area (Å²) in [6, 6.07) is 23.8. The van der Waals surface area contributed by atoms with Gasteiger partial charge in [0.25, 0.3) is 0 Å². The minimum absolute atomic E-state index is 0.123. The lowest BCUT2D eigenvalue weighted by molar-refractivity contribution is -0.124. The minimum Gasteiger partial charge on any atom is -0.444 e. The summed E-state index contributed by atoms with van der Waals surface area (Å²) in [6.45, 7) is 11.2. The maximum absolute atomic E-state index is 13.1. The third-order valence-corrected chi connectivity index (χ3v) is 12.8. The smallest absolute Gasteiger partial charge is 0.410 e. The van der Waals surface area contributed by atoms with Gasteiger partial charge in [-0.2, -0.15) is 0 Å². The van der Waals surface area contributed by atoms with Gasteiger partial charge < -0.3 is 19.5 Å². The second-order valence-electron chi connectivity index (χ2n) is 19.5. The largest absolute Gasteiger partial charge is 0.444 e. The Morgan fingerprint density at radius 1 is 0.677 bits per heavy atom. The summed E-state index contributed by atoms with van der Waals surface area (Å²) in [5, 5.41) is 3.34. The van der Waals surface area contributed by atoms with Crippen molar-refractivity contribution in [3.8, 4) is 23.3 Å². The molecular formula is C55H68N4O6. The first kappa shape index (κ1) is 47.4. The van der Waals surface area contributed by atoms with Crippen LogP contribution in [0.25, 0.3) is 12.2 Å². The highest BCUT2D eigenvalue weighted by molar-refractivity contribution is 5.88. The molecule has 0 bridgehead atoms. The van der Waals surface area contributed by atoms with Crippen molar-refractivity contribution in [2.75, 3.05) is 13.1 Å². The number of nitrogens with zero attached hydrogens (tertiary/aromatic N) is 3. The highest BCUT2D eigenvalue weighted by Gasteiger charge is 2.37. The molecule has 2 atom stereocenters. The molecule has 2 aliphatic carbocycles. The first-order valence-corrected chi connectivity index (χ1v) is 23.9. The van der Waals surface area contributed by atoms with E-state index in [0.717, 1.165) is 124 Å². The number of amides is 1. The molecule has 2 aromatic heterocycles. The SMILES string of the molecule is Cc1ccc(Oc2cccc(C=C3CCC(CC(=O)[C@@H]4CCCN4)CC3)c2)nc1.Cc1ccc(Oc2cccc(C=C3CCC(CC(=O)[C@@H]4CCCN4C(=O)OC(C)(C)C)CC3)c2)nc1. The van der Waals surface area contributed by atoms with Crippen molar-refractivity contribution in [2.45, 2.75) is 142 Å². The zero-order chi connectivity index (χ0) is 45.8. The van der Waals surface area contributed by atoms with Crippen molar-refractivity contribution < 1.29 is 28.6 Å². The number of hydrogen-bond donors (Lipinski definition) is 1. The Balaban J connectivity index is 0.000000198. The topological polar surface area (TPSA) is 120 Å². The Labute approximate surface area is 386 Å². The van der Waals surface area contributed by atoms with Crippen LogP contribution in [0.1, 0.15) is 133 Å². The summed E-state index contributed by atoms with van der Waals surface area (Å²) in [5.41, 5.74) is 6.81. The highest BCUT2D eigenvalue weighted by Crippen LogP contribution is 2.35. The van der Waals surface area contributed by atoms with Crippen LogP contribution >= 0.6 is 0 Å². The monoisotopic (exact) mass is 881 g/mol. The van der Waals surface area contributed by atoms with E-state index in [9.17, 15) is 14.4 Å². The molecule has 0 radical (unpaired) electrons. The highest BCUT2D eigenvalue weighted by atomic mass is 16.6. The summed E-state index contributed by atoms with van der Waals surface area (Å²) in [5.74, 6) is 4.30. The van der Waals surface area contributed by atoms with Gasteiger partial charge in [-0.3, -0.25) is 14.5 Å². The molecule has 2 aromatic carbocycles. The molecule has 8 rings (SSSR count). The molecule has 4 aromatic rings. The molecule has 2 saturated heterocycles. The van der Waals surface area contributed by atoms with Crippen LogP contribution in [0.2, 0.25) is 0 Å². The average Bonchev–Trinajstić information content (AvgIpc) is 4.01. The van der Waals surface area contributed by atoms with Crippen LogP contribution in [0.5, 0.6) is 23.3 Å². The summed E-state index contributed by atoms with van der Waals surface area (Å²) >= 11 is 0. The molecule has 2 saturated carbocycles. The Morgan fingerprint density at radius 2 is 1.20 bits per heavy atom. The van der Waals surface area contributed by atoms with E-state index >= 15 is 0 Å². The van der Waals surface area contributed by atoms with Crippen LogP contribution in [-0.2, 0) is 14.3 Å². The molecule has 10 heteroatoms. The summed E-state index contributed by atoms with van der Waals surface area (Å²) in [6.07, 6.45) is 21.2. The normalized spacial score (nSPS) is 20.9. The molecule has 4 heterocycles. The first-order chi connectivity index (χ1) is 31.3. The molecule has 344 valence electrons. The van der Waals surface area contributed by atoms with Gasteiger partial charge in [0.2, 0.25) is 11.8 Å². The standard InChI is InChI=1S/C30H38N2O4.C25H30N2O2/c1-21-10-15-28(31-20-21)35-25-8-5-7-24(18-25)17-22-11-13-23(14-12-22)19-27(33)26-9-6-16-32(26)29(34)36-30(2,3)4;1-18-7-12-25(27-17-18)29-22-5-2-4-21(15-22)14-19-8-10-20(11-9-19)16-24(28)23-6-3-13-26-23/h5,7-8,10,15,17-18,20,23,26H,6,9,11-14,16,19H2,1-4H3;2,4-5,7,12,14-15,17,20,23,26H,3,6,8-11,13,16H2,1H3/t23?,26-;20?,23-/m00/s1. The zero-order valence-electron chi connectivity index (χ0n) is 39.2. The van der Waals surface area contributed by atoms with Gasteiger partial charge in [0.1, 0.15) is 22.9 Å². The van der Waals surface area contributed by atoms with Crippen molar-refractivity contribution in [1.29, 1.82) is 0 Å². The number of likely N-dealkylation sites (tertiary alicyclic amines) is 1. The first-order valence-electron chi connectivity index (χ1n) is 23.9. The molecule has 1 amide bonds. The molecule has 0 spiro atoms. The number of carbonyl (C=O) groups excluding carboxylic acids is 3. The van der Waals surface area contributed by atoms with E-state index in [2.05, 4.69) is 45.6 Å². The lowest BCUT2D eigenvalue weighted by Crippen LogP contribution is -2.43. The minimum atomic E-state index is -0.553. The number of pyridine rings is 2. The molecule has 1 N–H and O–H groups in total. The number of ketones is 2. The number of aryl methyl sites for hydroxylation is 2. The molecule has 4 fully saturated rings. The summed E-state index contributed by atoms with van der Waals surface area (Å²) in [4.78, 5) is 48.3. The molecular weight excluding hydrogens is 813 g/mol. The van der Waals surface area contributed by atoms with Crippen LogP contribution in [0.3, 0.4) is 0 Å². The molecule has 4 aliphatic rings. The summed E-state index contributed by atoms with van der Waals surface area (Å²) < 4.78 is 17.3. The molecule has 10 nitrogen and oxygen atoms in total. The number of hydrogen-bond acceptors (Lipinski definition) is 9. The number of benzene rings is 2. The molecule has 2 aliphatic heterocycles. The number of Topliss-reactive ketones (excluding diaryl/α,β-unsaturated/α-hetero) is 2. The van der Waals surface area contributed by atoms with Crippen molar-refractivity contribution in [3.05, 3.63) is 119 Å². The zero-order valence-corrected chi connectivity index (χ0v) is 39.2. The number of nitrogens with one attached hydrogen (secondary N) is 1. The molecule has 65 heavy (non-hydrogen) atoms. The van der Waals surface area contributed by atoms with Gasteiger partial charge in [-0.25, -0.2) is 14.8 Å². The van der Waals surface area contributed by atoms with E-state index in [-0.39, 0.29) is 24.0 Å². The number of carbonyl (C=O) groups is 3. The van der Waals surface area contributed by atoms with E-state index in [1.54, 1.807) is 11.1 Å². The third kappa shape index (κ3) is 14.7. The Bertz CT molecular complexity index is 2270. The van der Waals surface area contributed by atoms with E-state index in [1.807, 2.05) is 95.4 Å². The van der Waals surface area contributed by atoms with Gasteiger partial charge in [-0.05, 0) is 177 Å². The van der Waals surface area contributed by atoms with Crippen molar-refractivity contribution in [2.24, 2.45) is 11.8 Å². The second kappa shape index (κ2) is 22.5. The number of aromatic nitrogens is 2. The van der Waals surface area contributed by atoms with Crippen LogP contribution in [-0.4, -0.2) is 63.3 Å². The predicted molar refractivity (Wildman–Crippen MR) is 257 cm³/mol. The second-order valence-corrected chi connectivity index (χ2v) is 19.5. The number of ether oxygens (including phenoxy) is 3. The fourth-order valence-electron chi connectivity index (χ4n) is 9.32. The number of rotatable bonds is 12. The maximum atomic E-state index is 13.1. The van der Waals surface area contributed by atoms with Gasteiger partial charge in [-0.15, -0.1) is 0 Å². The van der Waals surface area contributed by atoms with Gasteiger partial charge in [-0.1, -0.05) is 59.7 Å². The Morgan fingerprint density at radius 3 is 1.66 bits per heavy atom. The van der Waals surface area contributed by atoms with Gasteiger partial charge >= 0.3 is 6.09 Å². The predicted octanol–water partition coefficient (Wildman–Crippen LogP) is 12.6. The van der Waals surface area contributed by atoms with E-state index < -0.39 is 5.60 Å². The third-order valence-electron chi connectivity index (χ3n) is 12.8. The van der Waals surface area contributed by atoms with Crippen LogP contribution in [0.15, 0.2) is 96.3 Å². The van der Waals surface area contributed by atoms with Gasteiger partial charge in [0.15, 0.2) is 5.78 Å². The lowest BCUT2D eigenvalue weighted by Gasteiger charge is -2.29. The van der Waals surface area contributed by atoms with Crippen LogP contribution in [0, 0.1) is 25.7 Å². The number of allylic oxidation sites excluding steroid dienone is 2. The van der Waals surface area contributed by atoms with E-state index in [0.29, 0.717) is 42.3 Å². The fraction of sp³-hybridized carbons (Fsp3) is 0.473. The van der Waals surface area contributed by atoms with E-state index in [1.165, 1.54) is 11.1 Å². The fourth-order valence-corrected chi connectivity index (χ4v) is 9.32. The average molecular weight is 881 g/mol. The maximum Gasteiger partial charge on any atom is 0.410 e. The van der Waals surface area contributed by atoms with Crippen molar-refractivity contribution >= 4 is 29.8 Å². The Kier molecular flexibility index (Phi) is 16.4. The Hall–Kier alpha value is -5.61. The van der Waals surface area contributed by atoms with Gasteiger partial charge in [0.05, 0.1) is 12.1 Å². The van der Waals surface area contributed by atoms with Crippen LogP contribution in [0.4, 0.5) is 4.79 Å². The summed E-state index contributed by atoms with van der Waals surface area (Å²) in [7, 11) is 0. The van der Waals surface area contributed by atoms with Gasteiger partial charge in [0, 0.05) is 43.9 Å². The lowest BCUT2D eigenvalue weighted by atomic mass is 9.81. The molecule has 0 unspecified atom stereocenters. The van der Waals surface area contributed by atoms with Crippen molar-refractivity contribution in [1.82, 2.24) is 20.2 Å². The van der Waals surface area contributed by atoms with E-state index in [4.69, 9.17) is 14.2 Å². The van der Waals surface area contributed by atoms with Crippen molar-refractivity contribution in [3.63, 3.8) is 0 Å². The van der Waals surface area contributed by atoms with Crippen LogP contribution < -0.4 is 14.8 Å².